The fourth-order valence-electron chi connectivity index (χ4n) is 5.51. The third-order valence-corrected chi connectivity index (χ3v) is 7.53. The zero-order chi connectivity index (χ0) is 25.2. The minimum absolute atomic E-state index is 0.0654. The van der Waals surface area contributed by atoms with Gasteiger partial charge in [-0.05, 0) is 29.2 Å². The topological polar surface area (TPSA) is 41.6 Å². The van der Waals surface area contributed by atoms with Gasteiger partial charge in [-0.25, -0.2) is 0 Å². The third kappa shape index (κ3) is 4.58. The van der Waals surface area contributed by atoms with Gasteiger partial charge in [-0.3, -0.25) is 9.69 Å². The highest BCUT2D eigenvalue weighted by Gasteiger charge is 2.30. The molecule has 37 heavy (non-hydrogen) atoms. The molecule has 6 rings (SSSR count). The molecule has 0 radical (unpaired) electrons. The Labute approximate surface area is 217 Å². The van der Waals surface area contributed by atoms with E-state index in [2.05, 4.69) is 95.3 Å². The first-order valence-corrected chi connectivity index (χ1v) is 12.9. The van der Waals surface area contributed by atoms with Gasteiger partial charge in [-0.1, -0.05) is 84.9 Å². The Bertz CT molecular complexity index is 1460. The van der Waals surface area contributed by atoms with Crippen molar-refractivity contribution >= 4 is 17.0 Å². The molecule has 0 N–H and O–H groups in total. The lowest BCUT2D eigenvalue weighted by molar-refractivity contribution is 0.0588. The smallest absolute Gasteiger partial charge is 0.270 e. The Morgan fingerprint density at radius 2 is 1.43 bits per heavy atom. The summed E-state index contributed by atoms with van der Waals surface area (Å²) in [5.74, 6) is 0.0654. The summed E-state index contributed by atoms with van der Waals surface area (Å²) in [4.78, 5) is 18.3. The molecular formula is C32H31N3O2. The Hall–Kier alpha value is -4.09. The Kier molecular flexibility index (Phi) is 6.37. The van der Waals surface area contributed by atoms with Crippen LogP contribution in [-0.2, 0) is 6.54 Å². The highest BCUT2D eigenvalue weighted by molar-refractivity contribution is 5.97. The summed E-state index contributed by atoms with van der Waals surface area (Å²) in [5.41, 5.74) is 7.37. The molecule has 0 bridgehead atoms. The van der Waals surface area contributed by atoms with Gasteiger partial charge < -0.3 is 13.9 Å². The predicted octanol–water partition coefficient (Wildman–Crippen LogP) is 6.14. The number of carbonyl (C=O) groups excluding carboxylic acids is 1. The molecular weight excluding hydrogens is 458 g/mol. The van der Waals surface area contributed by atoms with E-state index >= 15 is 0 Å². The van der Waals surface area contributed by atoms with Crippen LogP contribution in [0.15, 0.2) is 108 Å². The van der Waals surface area contributed by atoms with Crippen LogP contribution in [0, 0.1) is 6.92 Å². The summed E-state index contributed by atoms with van der Waals surface area (Å²) in [5, 5.41) is 0. The van der Waals surface area contributed by atoms with E-state index in [1.54, 1.807) is 6.26 Å². The van der Waals surface area contributed by atoms with Crippen molar-refractivity contribution in [1.82, 2.24) is 14.4 Å². The molecule has 0 spiro atoms. The largest absolute Gasteiger partial charge is 0.463 e. The zero-order valence-electron chi connectivity index (χ0n) is 21.1. The van der Waals surface area contributed by atoms with Gasteiger partial charge in [0.15, 0.2) is 5.58 Å². The van der Waals surface area contributed by atoms with Gasteiger partial charge in [-0.15, -0.1) is 0 Å². The molecule has 1 aliphatic rings. The van der Waals surface area contributed by atoms with Crippen LogP contribution in [-0.4, -0.2) is 46.5 Å². The molecule has 1 amide bonds. The average Bonchev–Trinajstić information content (AvgIpc) is 3.54. The van der Waals surface area contributed by atoms with Crippen LogP contribution >= 0.6 is 0 Å². The number of carbonyl (C=O) groups is 1. The minimum atomic E-state index is 0.0654. The molecule has 0 atom stereocenters. The van der Waals surface area contributed by atoms with E-state index in [1.165, 1.54) is 22.3 Å². The van der Waals surface area contributed by atoms with Gasteiger partial charge in [0.1, 0.15) is 5.69 Å². The lowest BCUT2D eigenvalue weighted by Crippen LogP contribution is -2.50. The summed E-state index contributed by atoms with van der Waals surface area (Å²) < 4.78 is 7.80. The van der Waals surface area contributed by atoms with Crippen LogP contribution in [0.25, 0.3) is 11.1 Å². The van der Waals surface area contributed by atoms with Crippen molar-refractivity contribution in [3.63, 3.8) is 0 Å². The van der Waals surface area contributed by atoms with Crippen molar-refractivity contribution in [1.29, 1.82) is 0 Å². The summed E-state index contributed by atoms with van der Waals surface area (Å²) in [6.07, 6.45) is 1.69. The van der Waals surface area contributed by atoms with Crippen molar-refractivity contribution in [3.8, 4) is 0 Å². The van der Waals surface area contributed by atoms with E-state index in [-0.39, 0.29) is 11.9 Å². The van der Waals surface area contributed by atoms with E-state index in [1.807, 2.05) is 23.1 Å². The van der Waals surface area contributed by atoms with E-state index in [0.717, 1.165) is 24.2 Å². The maximum absolute atomic E-state index is 13.8. The van der Waals surface area contributed by atoms with Crippen LogP contribution in [0.2, 0.25) is 0 Å². The summed E-state index contributed by atoms with van der Waals surface area (Å²) in [6.45, 7) is 5.75. The summed E-state index contributed by atoms with van der Waals surface area (Å²) in [7, 11) is 0. The van der Waals surface area contributed by atoms with Gasteiger partial charge in [0.05, 0.1) is 17.8 Å². The van der Waals surface area contributed by atoms with Crippen molar-refractivity contribution in [2.75, 3.05) is 26.2 Å². The Balaban J connectivity index is 1.24. The number of hydrogen-bond donors (Lipinski definition) is 0. The molecule has 3 heterocycles. The average molecular weight is 490 g/mol. The number of rotatable bonds is 6. The molecule has 1 saturated heterocycles. The number of piperazine rings is 1. The summed E-state index contributed by atoms with van der Waals surface area (Å²) in [6, 6.07) is 33.7. The second-order valence-corrected chi connectivity index (χ2v) is 9.76. The predicted molar refractivity (Wildman–Crippen MR) is 147 cm³/mol. The van der Waals surface area contributed by atoms with Crippen molar-refractivity contribution in [2.24, 2.45) is 0 Å². The number of furan rings is 1. The van der Waals surface area contributed by atoms with Gasteiger partial charge in [0, 0.05) is 44.9 Å². The first-order chi connectivity index (χ1) is 18.2. The van der Waals surface area contributed by atoms with Gasteiger partial charge in [-0.2, -0.15) is 0 Å². The standard InChI is InChI=1S/C32H31N3O2/c1-24-10-8-9-15-27(24)23-35-28-16-21-37-30(28)22-29(35)32(36)34-19-17-33(18-20-34)31(25-11-4-2-5-12-25)26-13-6-3-7-14-26/h2-16,21-22,31H,17-20,23H2,1H3. The van der Waals surface area contributed by atoms with E-state index in [4.69, 9.17) is 4.42 Å². The molecule has 5 nitrogen and oxygen atoms in total. The molecule has 186 valence electrons. The third-order valence-electron chi connectivity index (χ3n) is 7.53. The van der Waals surface area contributed by atoms with Gasteiger partial charge >= 0.3 is 0 Å². The van der Waals surface area contributed by atoms with Crippen molar-refractivity contribution in [3.05, 3.63) is 131 Å². The van der Waals surface area contributed by atoms with Crippen LogP contribution in [0.4, 0.5) is 0 Å². The normalized spacial score (nSPS) is 14.5. The van der Waals surface area contributed by atoms with E-state index in [9.17, 15) is 4.79 Å². The first-order valence-electron chi connectivity index (χ1n) is 12.9. The SMILES string of the molecule is Cc1ccccc1Cn1c(C(=O)N2CCN(C(c3ccccc3)c3ccccc3)CC2)cc2occc21. The summed E-state index contributed by atoms with van der Waals surface area (Å²) >= 11 is 0. The maximum atomic E-state index is 13.8. The number of aryl methyl sites for hydroxylation is 1. The molecule has 2 aromatic heterocycles. The monoisotopic (exact) mass is 489 g/mol. The molecule has 3 aromatic carbocycles. The molecule has 1 fully saturated rings. The number of fused-ring (bicyclic) bond motifs is 1. The first kappa shape index (κ1) is 23.3. The highest BCUT2D eigenvalue weighted by Crippen LogP contribution is 2.30. The van der Waals surface area contributed by atoms with Crippen LogP contribution in [0.3, 0.4) is 0 Å². The van der Waals surface area contributed by atoms with Crippen LogP contribution in [0.5, 0.6) is 0 Å². The lowest BCUT2D eigenvalue weighted by Gasteiger charge is -2.39. The Morgan fingerprint density at radius 1 is 0.811 bits per heavy atom. The molecule has 1 aliphatic heterocycles. The fraction of sp³-hybridized carbons (Fsp3) is 0.219. The Morgan fingerprint density at radius 3 is 2.08 bits per heavy atom. The second kappa shape index (κ2) is 10.1. The minimum Gasteiger partial charge on any atom is -0.463 e. The van der Waals surface area contributed by atoms with Crippen LogP contribution < -0.4 is 0 Å². The number of hydrogen-bond acceptors (Lipinski definition) is 3. The van der Waals surface area contributed by atoms with Gasteiger partial charge in [0.2, 0.25) is 0 Å². The molecule has 0 aliphatic carbocycles. The van der Waals surface area contributed by atoms with Crippen molar-refractivity contribution < 1.29 is 9.21 Å². The zero-order valence-corrected chi connectivity index (χ0v) is 21.1. The number of aromatic nitrogens is 1. The van der Waals surface area contributed by atoms with Gasteiger partial charge in [0.25, 0.3) is 5.91 Å². The number of nitrogens with zero attached hydrogens (tertiary/aromatic N) is 3. The lowest BCUT2D eigenvalue weighted by atomic mass is 9.96. The molecule has 5 aromatic rings. The van der Waals surface area contributed by atoms with Crippen molar-refractivity contribution in [2.45, 2.75) is 19.5 Å². The van der Waals surface area contributed by atoms with E-state index in [0.29, 0.717) is 25.3 Å². The quantitative estimate of drug-likeness (QED) is 0.288. The number of benzene rings is 3. The maximum Gasteiger partial charge on any atom is 0.270 e. The molecule has 0 saturated carbocycles. The molecule has 0 unspecified atom stereocenters. The second-order valence-electron chi connectivity index (χ2n) is 9.76. The fourth-order valence-corrected chi connectivity index (χ4v) is 5.51. The van der Waals surface area contributed by atoms with E-state index < -0.39 is 0 Å². The number of amides is 1. The molecule has 5 heteroatoms. The highest BCUT2D eigenvalue weighted by atomic mass is 16.3. The van der Waals surface area contributed by atoms with Crippen LogP contribution in [0.1, 0.15) is 38.8 Å².